The monoisotopic (exact) mass is 230 g/mol. The van der Waals surface area contributed by atoms with Gasteiger partial charge in [-0.3, -0.25) is 9.48 Å². The van der Waals surface area contributed by atoms with Crippen LogP contribution in [0, 0.1) is 6.92 Å². The van der Waals surface area contributed by atoms with Gasteiger partial charge in [0.05, 0.1) is 11.3 Å². The SMILES string of the molecule is C=Cc1c(C(=O)NC)cnc2c1c(C)nn2C. The maximum atomic E-state index is 11.7. The fourth-order valence-electron chi connectivity index (χ4n) is 1.97. The second-order valence-corrected chi connectivity index (χ2v) is 3.78. The highest BCUT2D eigenvalue weighted by atomic mass is 16.1. The van der Waals surface area contributed by atoms with E-state index in [0.717, 1.165) is 22.3 Å². The van der Waals surface area contributed by atoms with E-state index in [2.05, 4.69) is 22.0 Å². The molecule has 0 spiro atoms. The Labute approximate surface area is 99.2 Å². The van der Waals surface area contributed by atoms with Crippen molar-refractivity contribution in [3.05, 3.63) is 29.6 Å². The molecule has 0 aromatic carbocycles. The van der Waals surface area contributed by atoms with Crippen LogP contribution in [0.4, 0.5) is 0 Å². The number of amides is 1. The Balaban J connectivity index is 2.86. The Kier molecular flexibility index (Phi) is 2.67. The third-order valence-corrected chi connectivity index (χ3v) is 2.74. The zero-order valence-electron chi connectivity index (χ0n) is 10.1. The normalized spacial score (nSPS) is 10.5. The fourth-order valence-corrected chi connectivity index (χ4v) is 1.97. The molecule has 17 heavy (non-hydrogen) atoms. The van der Waals surface area contributed by atoms with Crippen LogP contribution in [0.15, 0.2) is 12.8 Å². The van der Waals surface area contributed by atoms with Gasteiger partial charge in [0.15, 0.2) is 5.65 Å². The van der Waals surface area contributed by atoms with E-state index in [-0.39, 0.29) is 5.91 Å². The minimum atomic E-state index is -0.169. The molecule has 0 fully saturated rings. The number of fused-ring (bicyclic) bond motifs is 1. The number of aryl methyl sites for hydroxylation is 2. The van der Waals surface area contributed by atoms with Gasteiger partial charge in [-0.1, -0.05) is 12.7 Å². The summed E-state index contributed by atoms with van der Waals surface area (Å²) in [4.78, 5) is 16.0. The molecule has 0 aliphatic rings. The predicted molar refractivity (Wildman–Crippen MR) is 66.7 cm³/mol. The van der Waals surface area contributed by atoms with Crippen LogP contribution in [0.3, 0.4) is 0 Å². The summed E-state index contributed by atoms with van der Waals surface area (Å²) in [5.74, 6) is -0.169. The van der Waals surface area contributed by atoms with Crippen molar-refractivity contribution in [2.75, 3.05) is 7.05 Å². The summed E-state index contributed by atoms with van der Waals surface area (Å²) in [7, 11) is 3.42. The van der Waals surface area contributed by atoms with Crippen molar-refractivity contribution >= 4 is 23.0 Å². The minimum absolute atomic E-state index is 0.169. The van der Waals surface area contributed by atoms with Crippen LogP contribution in [-0.4, -0.2) is 27.7 Å². The number of nitrogens with zero attached hydrogens (tertiary/aromatic N) is 3. The number of carbonyl (C=O) groups excluding carboxylic acids is 1. The third-order valence-electron chi connectivity index (χ3n) is 2.74. The number of carbonyl (C=O) groups is 1. The van der Waals surface area contributed by atoms with Crippen molar-refractivity contribution in [1.82, 2.24) is 20.1 Å². The van der Waals surface area contributed by atoms with Crippen LogP contribution in [0.25, 0.3) is 17.1 Å². The first-order valence-electron chi connectivity index (χ1n) is 5.27. The molecule has 88 valence electrons. The van der Waals surface area contributed by atoms with E-state index in [1.807, 2.05) is 14.0 Å². The molecule has 2 rings (SSSR count). The highest BCUT2D eigenvalue weighted by molar-refractivity contribution is 6.03. The Morgan fingerprint density at radius 1 is 1.59 bits per heavy atom. The fraction of sp³-hybridized carbons (Fsp3) is 0.250. The quantitative estimate of drug-likeness (QED) is 0.845. The van der Waals surface area contributed by atoms with Gasteiger partial charge in [-0.15, -0.1) is 0 Å². The third kappa shape index (κ3) is 1.60. The van der Waals surface area contributed by atoms with Crippen molar-refractivity contribution in [3.8, 4) is 0 Å². The van der Waals surface area contributed by atoms with Gasteiger partial charge in [-0.2, -0.15) is 5.10 Å². The molecule has 0 aliphatic carbocycles. The first kappa shape index (κ1) is 11.3. The van der Waals surface area contributed by atoms with Crippen LogP contribution in [0.2, 0.25) is 0 Å². The lowest BCUT2D eigenvalue weighted by Gasteiger charge is -2.05. The van der Waals surface area contributed by atoms with E-state index in [4.69, 9.17) is 0 Å². The van der Waals surface area contributed by atoms with Crippen LogP contribution in [0.5, 0.6) is 0 Å². The molecule has 1 amide bonds. The topological polar surface area (TPSA) is 59.8 Å². The summed E-state index contributed by atoms with van der Waals surface area (Å²) >= 11 is 0. The summed E-state index contributed by atoms with van der Waals surface area (Å²) in [6, 6.07) is 0. The largest absolute Gasteiger partial charge is 0.355 e. The molecule has 0 atom stereocenters. The Bertz CT molecular complexity index is 612. The maximum absolute atomic E-state index is 11.7. The van der Waals surface area contributed by atoms with Crippen LogP contribution in [-0.2, 0) is 7.05 Å². The Morgan fingerprint density at radius 2 is 2.29 bits per heavy atom. The van der Waals surface area contributed by atoms with E-state index in [9.17, 15) is 4.79 Å². The van der Waals surface area contributed by atoms with E-state index < -0.39 is 0 Å². The summed E-state index contributed by atoms with van der Waals surface area (Å²) in [5.41, 5.74) is 2.90. The van der Waals surface area contributed by atoms with Crippen LogP contribution < -0.4 is 5.32 Å². The minimum Gasteiger partial charge on any atom is -0.355 e. The summed E-state index contributed by atoms with van der Waals surface area (Å²) in [5, 5.41) is 7.77. The standard InChI is InChI=1S/C12H14N4O/c1-5-8-9(12(17)13-3)6-14-11-10(8)7(2)15-16(11)4/h5-6H,1H2,2-4H3,(H,13,17). The lowest BCUT2D eigenvalue weighted by Crippen LogP contribution is -2.19. The molecule has 0 bridgehead atoms. The van der Waals surface area contributed by atoms with E-state index >= 15 is 0 Å². The molecule has 0 unspecified atom stereocenters. The summed E-state index contributed by atoms with van der Waals surface area (Å²) in [6.07, 6.45) is 3.22. The molecule has 2 aromatic heterocycles. The zero-order chi connectivity index (χ0) is 12.6. The van der Waals surface area contributed by atoms with Gasteiger partial charge in [0.2, 0.25) is 0 Å². The molecule has 0 saturated heterocycles. The van der Waals surface area contributed by atoms with E-state index in [1.165, 1.54) is 0 Å². The van der Waals surface area contributed by atoms with Gasteiger partial charge < -0.3 is 5.32 Å². The number of pyridine rings is 1. The highest BCUT2D eigenvalue weighted by Crippen LogP contribution is 2.24. The molecular formula is C12H14N4O. The Morgan fingerprint density at radius 3 is 2.88 bits per heavy atom. The lowest BCUT2D eigenvalue weighted by molar-refractivity contribution is 0.0962. The summed E-state index contributed by atoms with van der Waals surface area (Å²) < 4.78 is 1.70. The first-order chi connectivity index (χ1) is 8.10. The van der Waals surface area contributed by atoms with Crippen molar-refractivity contribution in [2.45, 2.75) is 6.92 Å². The molecule has 2 heterocycles. The molecule has 0 saturated carbocycles. The first-order valence-corrected chi connectivity index (χ1v) is 5.27. The molecule has 2 aromatic rings. The molecule has 0 radical (unpaired) electrons. The molecule has 1 N–H and O–H groups in total. The lowest BCUT2D eigenvalue weighted by atomic mass is 10.0. The van der Waals surface area contributed by atoms with Gasteiger partial charge >= 0.3 is 0 Å². The second kappa shape index (κ2) is 4.01. The maximum Gasteiger partial charge on any atom is 0.253 e. The zero-order valence-corrected chi connectivity index (χ0v) is 10.1. The second-order valence-electron chi connectivity index (χ2n) is 3.78. The van der Waals surface area contributed by atoms with Gasteiger partial charge in [0.1, 0.15) is 0 Å². The van der Waals surface area contributed by atoms with Crippen LogP contribution >= 0.6 is 0 Å². The smallest absolute Gasteiger partial charge is 0.253 e. The molecular weight excluding hydrogens is 216 g/mol. The average Bonchev–Trinajstić information content (AvgIpc) is 2.63. The van der Waals surface area contributed by atoms with Crippen molar-refractivity contribution < 1.29 is 4.79 Å². The summed E-state index contributed by atoms with van der Waals surface area (Å²) in [6.45, 7) is 5.66. The number of nitrogens with one attached hydrogen (secondary N) is 1. The van der Waals surface area contributed by atoms with E-state index in [0.29, 0.717) is 5.56 Å². The average molecular weight is 230 g/mol. The molecule has 5 nitrogen and oxygen atoms in total. The van der Waals surface area contributed by atoms with Gasteiger partial charge in [-0.25, -0.2) is 4.98 Å². The number of hydrogen-bond acceptors (Lipinski definition) is 3. The number of aromatic nitrogens is 3. The number of hydrogen-bond donors (Lipinski definition) is 1. The Hall–Kier alpha value is -2.17. The highest BCUT2D eigenvalue weighted by Gasteiger charge is 2.16. The van der Waals surface area contributed by atoms with Crippen LogP contribution in [0.1, 0.15) is 21.6 Å². The molecule has 5 heteroatoms. The predicted octanol–water partition coefficient (Wildman–Crippen LogP) is 1.28. The van der Waals surface area contributed by atoms with Gasteiger partial charge in [0.25, 0.3) is 5.91 Å². The van der Waals surface area contributed by atoms with Crippen molar-refractivity contribution in [3.63, 3.8) is 0 Å². The van der Waals surface area contributed by atoms with E-state index in [1.54, 1.807) is 24.0 Å². The molecule has 0 aliphatic heterocycles. The number of rotatable bonds is 2. The van der Waals surface area contributed by atoms with Gasteiger partial charge in [0, 0.05) is 31.2 Å². The van der Waals surface area contributed by atoms with Crippen molar-refractivity contribution in [1.29, 1.82) is 0 Å². The van der Waals surface area contributed by atoms with Gasteiger partial charge in [-0.05, 0) is 6.92 Å². The van der Waals surface area contributed by atoms with Crippen molar-refractivity contribution in [2.24, 2.45) is 7.05 Å².